The van der Waals surface area contributed by atoms with Crippen molar-refractivity contribution < 1.29 is 4.79 Å². The first-order chi connectivity index (χ1) is 11.5. The lowest BCUT2D eigenvalue weighted by Gasteiger charge is -2.32. The van der Waals surface area contributed by atoms with Crippen LogP contribution in [0.5, 0.6) is 0 Å². The first kappa shape index (κ1) is 16.7. The van der Waals surface area contributed by atoms with E-state index in [0.717, 1.165) is 46.7 Å². The summed E-state index contributed by atoms with van der Waals surface area (Å²) in [6, 6.07) is 8.04. The fraction of sp³-hybridized carbons (Fsp3) is 0.353. The van der Waals surface area contributed by atoms with Crippen LogP contribution in [0.2, 0.25) is 0 Å². The van der Waals surface area contributed by atoms with Crippen LogP contribution in [0.4, 0.5) is 17.5 Å². The Morgan fingerprint density at radius 1 is 1.12 bits per heavy atom. The fourth-order valence-corrected chi connectivity index (χ4v) is 2.90. The number of rotatable bonds is 4. The molecule has 1 fully saturated rings. The van der Waals surface area contributed by atoms with Crippen molar-refractivity contribution in [1.82, 2.24) is 14.9 Å². The third-order valence-corrected chi connectivity index (χ3v) is 4.91. The second-order valence-electron chi connectivity index (χ2n) is 5.91. The number of hydrogen-bond donors (Lipinski definition) is 1. The molecule has 0 radical (unpaired) electrons. The van der Waals surface area contributed by atoms with Crippen LogP contribution in [0.25, 0.3) is 0 Å². The van der Waals surface area contributed by atoms with E-state index < -0.39 is 0 Å². The lowest BCUT2D eigenvalue weighted by Crippen LogP contribution is -2.46. The summed E-state index contributed by atoms with van der Waals surface area (Å²) >= 11 is 3.51. The van der Waals surface area contributed by atoms with Crippen LogP contribution in [-0.4, -0.2) is 47.5 Å². The third kappa shape index (κ3) is 3.84. The molecular weight excluding hydrogens is 370 g/mol. The van der Waals surface area contributed by atoms with E-state index in [-0.39, 0.29) is 0 Å². The van der Waals surface area contributed by atoms with Gasteiger partial charge in [-0.1, -0.05) is 15.9 Å². The number of carbonyl (C=O) groups excluding carboxylic acids is 1. The number of halogens is 1. The number of amides is 1. The van der Waals surface area contributed by atoms with E-state index in [1.807, 2.05) is 25.1 Å². The monoisotopic (exact) mass is 389 g/mol. The summed E-state index contributed by atoms with van der Waals surface area (Å²) in [5.41, 5.74) is 3.07. The Morgan fingerprint density at radius 3 is 2.54 bits per heavy atom. The maximum atomic E-state index is 10.8. The molecule has 0 spiro atoms. The van der Waals surface area contributed by atoms with Gasteiger partial charge in [0.15, 0.2) is 0 Å². The lowest BCUT2D eigenvalue weighted by atomic mass is 10.2. The van der Waals surface area contributed by atoms with Crippen LogP contribution in [0, 0.1) is 13.8 Å². The molecule has 24 heavy (non-hydrogen) atoms. The van der Waals surface area contributed by atoms with E-state index in [0.29, 0.717) is 19.0 Å². The molecule has 1 amide bonds. The van der Waals surface area contributed by atoms with Gasteiger partial charge in [0.1, 0.15) is 5.82 Å². The summed E-state index contributed by atoms with van der Waals surface area (Å²) in [6.07, 6.45) is 0.900. The summed E-state index contributed by atoms with van der Waals surface area (Å²) in [4.78, 5) is 23.9. The quantitative estimate of drug-likeness (QED) is 0.814. The summed E-state index contributed by atoms with van der Waals surface area (Å²) in [5.74, 6) is 1.48. The van der Waals surface area contributed by atoms with Crippen LogP contribution in [0.15, 0.2) is 28.7 Å². The Labute approximate surface area is 150 Å². The predicted octanol–water partition coefficient (Wildman–Crippen LogP) is 2.88. The SMILES string of the molecule is Cc1cc(Nc2ccc(Br)c(C)c2)nc(N2CCN(C=O)CC2)n1. The molecule has 7 heteroatoms. The average molecular weight is 390 g/mol. The maximum Gasteiger partial charge on any atom is 0.227 e. The minimum atomic E-state index is 0.704. The number of nitrogens with zero attached hydrogens (tertiary/aromatic N) is 4. The Morgan fingerprint density at radius 2 is 1.88 bits per heavy atom. The summed E-state index contributed by atoms with van der Waals surface area (Å²) in [6.45, 7) is 6.92. The Balaban J connectivity index is 1.78. The van der Waals surface area contributed by atoms with E-state index >= 15 is 0 Å². The van der Waals surface area contributed by atoms with E-state index in [4.69, 9.17) is 0 Å². The van der Waals surface area contributed by atoms with Gasteiger partial charge in [0.05, 0.1) is 0 Å². The van der Waals surface area contributed by atoms with E-state index in [2.05, 4.69) is 49.1 Å². The molecule has 1 aromatic carbocycles. The minimum absolute atomic E-state index is 0.704. The third-order valence-electron chi connectivity index (χ3n) is 4.02. The predicted molar refractivity (Wildman–Crippen MR) is 98.8 cm³/mol. The number of nitrogens with one attached hydrogen (secondary N) is 1. The molecule has 1 aliphatic rings. The Bertz CT molecular complexity index is 744. The number of aromatic nitrogens is 2. The molecule has 3 rings (SSSR count). The zero-order valence-corrected chi connectivity index (χ0v) is 15.4. The first-order valence-corrected chi connectivity index (χ1v) is 8.67. The molecule has 1 saturated heterocycles. The van der Waals surface area contributed by atoms with Gasteiger partial charge in [-0.3, -0.25) is 4.79 Å². The van der Waals surface area contributed by atoms with Crippen LogP contribution >= 0.6 is 15.9 Å². The zero-order valence-electron chi connectivity index (χ0n) is 13.8. The van der Waals surface area contributed by atoms with Gasteiger partial charge in [-0.25, -0.2) is 4.98 Å². The minimum Gasteiger partial charge on any atom is -0.342 e. The van der Waals surface area contributed by atoms with Gasteiger partial charge in [-0.05, 0) is 37.6 Å². The standard InChI is InChI=1S/C17H20BrN5O/c1-12-9-14(3-4-15(12)18)20-16-10-13(2)19-17(21-16)23-7-5-22(11-24)6-8-23/h3-4,9-11H,5-8H2,1-2H3,(H,19,20,21). The molecular formula is C17H20BrN5O. The molecule has 2 aromatic rings. The van der Waals surface area contributed by atoms with Gasteiger partial charge in [0.2, 0.25) is 12.4 Å². The van der Waals surface area contributed by atoms with Crippen molar-refractivity contribution in [2.75, 3.05) is 36.4 Å². The average Bonchev–Trinajstić information content (AvgIpc) is 2.58. The molecule has 1 aliphatic heterocycles. The highest BCUT2D eigenvalue weighted by molar-refractivity contribution is 9.10. The van der Waals surface area contributed by atoms with Gasteiger partial charge in [0.25, 0.3) is 0 Å². The normalized spacial score (nSPS) is 14.6. The lowest BCUT2D eigenvalue weighted by molar-refractivity contribution is -0.118. The van der Waals surface area contributed by atoms with E-state index in [1.165, 1.54) is 0 Å². The number of aryl methyl sites for hydroxylation is 2. The largest absolute Gasteiger partial charge is 0.342 e. The van der Waals surface area contributed by atoms with Crippen LogP contribution < -0.4 is 10.2 Å². The molecule has 1 N–H and O–H groups in total. The molecule has 1 aromatic heterocycles. The number of anilines is 3. The Hall–Kier alpha value is -2.15. The smallest absolute Gasteiger partial charge is 0.227 e. The highest BCUT2D eigenvalue weighted by atomic mass is 79.9. The molecule has 0 atom stereocenters. The molecule has 0 saturated carbocycles. The van der Waals surface area contributed by atoms with E-state index in [1.54, 1.807) is 4.90 Å². The van der Waals surface area contributed by atoms with Crippen molar-refractivity contribution in [3.8, 4) is 0 Å². The van der Waals surface area contributed by atoms with E-state index in [9.17, 15) is 4.79 Å². The van der Waals surface area contributed by atoms with Crippen LogP contribution in [0.1, 0.15) is 11.3 Å². The summed E-state index contributed by atoms with van der Waals surface area (Å²) < 4.78 is 1.08. The first-order valence-electron chi connectivity index (χ1n) is 7.88. The van der Waals surface area contributed by atoms with Gasteiger partial charge in [-0.15, -0.1) is 0 Å². The topological polar surface area (TPSA) is 61.4 Å². The van der Waals surface area contributed by atoms with Gasteiger partial charge in [0, 0.05) is 48.1 Å². The second-order valence-corrected chi connectivity index (χ2v) is 6.77. The number of carbonyl (C=O) groups is 1. The van der Waals surface area contributed by atoms with Gasteiger partial charge < -0.3 is 15.1 Å². The van der Waals surface area contributed by atoms with Crippen LogP contribution in [-0.2, 0) is 4.79 Å². The van der Waals surface area contributed by atoms with Crippen molar-refractivity contribution in [2.45, 2.75) is 13.8 Å². The van der Waals surface area contributed by atoms with Crippen molar-refractivity contribution >= 4 is 39.8 Å². The van der Waals surface area contributed by atoms with Crippen molar-refractivity contribution in [2.24, 2.45) is 0 Å². The number of benzene rings is 1. The maximum absolute atomic E-state index is 10.8. The van der Waals surface area contributed by atoms with Crippen LogP contribution in [0.3, 0.4) is 0 Å². The second kappa shape index (κ2) is 7.17. The molecule has 6 nitrogen and oxygen atoms in total. The summed E-state index contributed by atoms with van der Waals surface area (Å²) in [7, 11) is 0. The Kier molecular flexibility index (Phi) is 4.99. The number of piperazine rings is 1. The van der Waals surface area contributed by atoms with Crippen molar-refractivity contribution in [1.29, 1.82) is 0 Å². The molecule has 126 valence electrons. The number of hydrogen-bond acceptors (Lipinski definition) is 5. The van der Waals surface area contributed by atoms with Crippen molar-refractivity contribution in [3.05, 3.63) is 40.0 Å². The zero-order chi connectivity index (χ0) is 17.1. The molecule has 0 unspecified atom stereocenters. The molecule has 0 bridgehead atoms. The van der Waals surface area contributed by atoms with Crippen molar-refractivity contribution in [3.63, 3.8) is 0 Å². The van der Waals surface area contributed by atoms with Gasteiger partial charge in [-0.2, -0.15) is 4.98 Å². The molecule has 0 aliphatic carbocycles. The van der Waals surface area contributed by atoms with Gasteiger partial charge >= 0.3 is 0 Å². The highest BCUT2D eigenvalue weighted by Crippen LogP contribution is 2.23. The fourth-order valence-electron chi connectivity index (χ4n) is 2.66. The summed E-state index contributed by atoms with van der Waals surface area (Å²) in [5, 5.41) is 3.35. The molecule has 2 heterocycles. The highest BCUT2D eigenvalue weighted by Gasteiger charge is 2.18.